The van der Waals surface area contributed by atoms with Crippen LogP contribution in [-0.4, -0.2) is 10.7 Å². The average Bonchev–Trinajstić information content (AvgIpc) is 2.47. The number of benzene rings is 2. The molecule has 2 aromatic rings. The van der Waals surface area contributed by atoms with Crippen LogP contribution in [0.15, 0.2) is 48.5 Å². The zero-order valence-electron chi connectivity index (χ0n) is 10.5. The Morgan fingerprint density at radius 2 is 1.90 bits per heavy atom. The first-order valence-corrected chi connectivity index (χ1v) is 6.18. The molecule has 1 aliphatic rings. The highest BCUT2D eigenvalue weighted by Crippen LogP contribution is 2.36. The summed E-state index contributed by atoms with van der Waals surface area (Å²) in [6.45, 7) is 0. The number of ketones is 1. The molecule has 0 saturated carbocycles. The van der Waals surface area contributed by atoms with Gasteiger partial charge >= 0.3 is 0 Å². The van der Waals surface area contributed by atoms with Gasteiger partial charge in [-0.25, -0.2) is 0 Å². The van der Waals surface area contributed by atoms with Crippen LogP contribution in [-0.2, 0) is 0 Å². The van der Waals surface area contributed by atoms with E-state index in [0.29, 0.717) is 5.75 Å². The monoisotopic (exact) mass is 269 g/mol. The molecular formula is C15H11NO4. The Morgan fingerprint density at radius 3 is 2.60 bits per heavy atom. The number of hydrogen-bond acceptors (Lipinski definition) is 4. The van der Waals surface area contributed by atoms with Crippen molar-refractivity contribution < 1.29 is 14.5 Å². The molecular weight excluding hydrogens is 258 g/mol. The van der Waals surface area contributed by atoms with Crippen LogP contribution in [0.2, 0.25) is 0 Å². The maximum absolute atomic E-state index is 12.1. The molecule has 1 heterocycles. The molecule has 0 unspecified atom stereocenters. The number of nitro groups is 1. The molecule has 3 rings (SSSR count). The molecule has 0 aromatic heterocycles. The van der Waals surface area contributed by atoms with Crippen LogP contribution in [0, 0.1) is 10.1 Å². The highest BCUT2D eigenvalue weighted by molar-refractivity contribution is 6.00. The second kappa shape index (κ2) is 4.77. The van der Waals surface area contributed by atoms with E-state index >= 15 is 0 Å². The fourth-order valence-electron chi connectivity index (χ4n) is 2.28. The van der Waals surface area contributed by atoms with Crippen molar-refractivity contribution in [3.8, 4) is 5.75 Å². The van der Waals surface area contributed by atoms with Gasteiger partial charge in [-0.1, -0.05) is 30.3 Å². The van der Waals surface area contributed by atoms with E-state index in [1.54, 1.807) is 0 Å². The quantitative estimate of drug-likeness (QED) is 0.619. The summed E-state index contributed by atoms with van der Waals surface area (Å²) in [7, 11) is 0. The topological polar surface area (TPSA) is 69.4 Å². The van der Waals surface area contributed by atoms with Crippen molar-refractivity contribution >= 4 is 11.5 Å². The summed E-state index contributed by atoms with van der Waals surface area (Å²) in [5.41, 5.74) is 1.11. The van der Waals surface area contributed by atoms with Crippen LogP contribution in [0.1, 0.15) is 28.4 Å². The van der Waals surface area contributed by atoms with Gasteiger partial charge in [-0.3, -0.25) is 14.9 Å². The van der Waals surface area contributed by atoms with Gasteiger partial charge < -0.3 is 4.74 Å². The molecule has 0 spiro atoms. The molecule has 2 aromatic carbocycles. The van der Waals surface area contributed by atoms with E-state index in [4.69, 9.17) is 4.74 Å². The predicted molar refractivity (Wildman–Crippen MR) is 71.9 cm³/mol. The number of rotatable bonds is 2. The third-order valence-corrected chi connectivity index (χ3v) is 3.29. The SMILES string of the molecule is O=C1C[C@@H](c2ccccc2)Oc2ccc([N+](=O)[O-])cc21. The van der Waals surface area contributed by atoms with Gasteiger partial charge in [-0.05, 0) is 11.6 Å². The van der Waals surface area contributed by atoms with Crippen molar-refractivity contribution in [2.24, 2.45) is 0 Å². The van der Waals surface area contributed by atoms with Gasteiger partial charge in [0.05, 0.1) is 16.9 Å². The lowest BCUT2D eigenvalue weighted by Gasteiger charge is -2.25. The number of nitro benzene ring substituents is 1. The molecule has 0 radical (unpaired) electrons. The molecule has 0 fully saturated rings. The van der Waals surface area contributed by atoms with Crippen molar-refractivity contribution in [3.05, 3.63) is 69.8 Å². The fourth-order valence-corrected chi connectivity index (χ4v) is 2.28. The van der Waals surface area contributed by atoms with Crippen molar-refractivity contribution in [1.29, 1.82) is 0 Å². The standard InChI is InChI=1S/C15H11NO4/c17-13-9-15(10-4-2-1-3-5-10)20-14-7-6-11(16(18)19)8-12(13)14/h1-8,15H,9H2/t15-/m0/s1. The number of hydrogen-bond donors (Lipinski definition) is 0. The Balaban J connectivity index is 1.96. The van der Waals surface area contributed by atoms with Gasteiger partial charge in [-0.2, -0.15) is 0 Å². The minimum Gasteiger partial charge on any atom is -0.484 e. The summed E-state index contributed by atoms with van der Waals surface area (Å²) in [4.78, 5) is 22.4. The normalized spacial score (nSPS) is 17.2. The van der Waals surface area contributed by atoms with Crippen LogP contribution >= 0.6 is 0 Å². The van der Waals surface area contributed by atoms with Crippen molar-refractivity contribution in [2.75, 3.05) is 0 Å². The molecule has 1 atom stereocenters. The van der Waals surface area contributed by atoms with E-state index in [1.807, 2.05) is 30.3 Å². The molecule has 20 heavy (non-hydrogen) atoms. The highest BCUT2D eigenvalue weighted by Gasteiger charge is 2.29. The molecule has 0 saturated heterocycles. The first-order valence-electron chi connectivity index (χ1n) is 6.18. The Bertz CT molecular complexity index is 682. The molecule has 0 amide bonds. The largest absolute Gasteiger partial charge is 0.484 e. The molecule has 5 heteroatoms. The molecule has 1 aliphatic heterocycles. The van der Waals surface area contributed by atoms with Crippen molar-refractivity contribution in [3.63, 3.8) is 0 Å². The van der Waals surface area contributed by atoms with Crippen LogP contribution in [0.3, 0.4) is 0 Å². The number of carbonyl (C=O) groups is 1. The van der Waals surface area contributed by atoms with E-state index in [0.717, 1.165) is 5.56 Å². The first kappa shape index (κ1) is 12.3. The van der Waals surface area contributed by atoms with E-state index in [1.165, 1.54) is 18.2 Å². The van der Waals surface area contributed by atoms with Gasteiger partial charge in [0.15, 0.2) is 5.78 Å². The van der Waals surface area contributed by atoms with Crippen LogP contribution in [0.25, 0.3) is 0 Å². The lowest BCUT2D eigenvalue weighted by atomic mass is 9.96. The summed E-state index contributed by atoms with van der Waals surface area (Å²) in [6, 6.07) is 13.6. The molecule has 0 aliphatic carbocycles. The zero-order valence-corrected chi connectivity index (χ0v) is 10.5. The van der Waals surface area contributed by atoms with Gasteiger partial charge in [0.1, 0.15) is 11.9 Å². The van der Waals surface area contributed by atoms with Gasteiger partial charge in [0.2, 0.25) is 0 Å². The Morgan fingerprint density at radius 1 is 1.15 bits per heavy atom. The minimum atomic E-state index is -0.517. The Kier molecular flexibility index (Phi) is 2.95. The van der Waals surface area contributed by atoms with Crippen LogP contribution < -0.4 is 4.74 Å². The number of carbonyl (C=O) groups excluding carboxylic acids is 1. The summed E-state index contributed by atoms with van der Waals surface area (Å²) in [5, 5.41) is 10.7. The second-order valence-electron chi connectivity index (χ2n) is 4.58. The number of non-ortho nitro benzene ring substituents is 1. The average molecular weight is 269 g/mol. The maximum Gasteiger partial charge on any atom is 0.270 e. The highest BCUT2D eigenvalue weighted by atomic mass is 16.6. The smallest absolute Gasteiger partial charge is 0.270 e. The number of fused-ring (bicyclic) bond motifs is 1. The number of nitrogens with zero attached hydrogens (tertiary/aromatic N) is 1. The third kappa shape index (κ3) is 2.14. The zero-order chi connectivity index (χ0) is 14.1. The second-order valence-corrected chi connectivity index (χ2v) is 4.58. The fraction of sp³-hybridized carbons (Fsp3) is 0.133. The lowest BCUT2D eigenvalue weighted by Crippen LogP contribution is -2.20. The summed E-state index contributed by atoms with van der Waals surface area (Å²) in [6.07, 6.45) is -0.143. The Hall–Kier alpha value is -2.69. The van der Waals surface area contributed by atoms with Crippen molar-refractivity contribution in [2.45, 2.75) is 12.5 Å². The van der Waals surface area contributed by atoms with Crippen LogP contribution in [0.4, 0.5) is 5.69 Å². The summed E-state index contributed by atoms with van der Waals surface area (Å²) in [5.74, 6) is 0.268. The van der Waals surface area contributed by atoms with E-state index < -0.39 is 4.92 Å². The first-order chi connectivity index (χ1) is 9.65. The van der Waals surface area contributed by atoms with E-state index in [9.17, 15) is 14.9 Å². The van der Waals surface area contributed by atoms with Gasteiger partial charge in [0, 0.05) is 12.1 Å². The minimum absolute atomic E-state index is 0.0983. The predicted octanol–water partition coefficient (Wildman–Crippen LogP) is 3.30. The van der Waals surface area contributed by atoms with Gasteiger partial charge in [-0.15, -0.1) is 0 Å². The molecule has 5 nitrogen and oxygen atoms in total. The van der Waals surface area contributed by atoms with E-state index in [-0.39, 0.29) is 29.6 Å². The molecule has 100 valence electrons. The van der Waals surface area contributed by atoms with E-state index in [2.05, 4.69) is 0 Å². The number of Topliss-reactive ketones (excluding diaryl/α,β-unsaturated/α-hetero) is 1. The summed E-state index contributed by atoms with van der Waals surface area (Å²) >= 11 is 0. The number of ether oxygens (including phenoxy) is 1. The van der Waals surface area contributed by atoms with Crippen molar-refractivity contribution in [1.82, 2.24) is 0 Å². The van der Waals surface area contributed by atoms with Gasteiger partial charge in [0.25, 0.3) is 5.69 Å². The third-order valence-electron chi connectivity index (χ3n) is 3.29. The molecule has 0 N–H and O–H groups in total. The lowest BCUT2D eigenvalue weighted by molar-refractivity contribution is -0.384. The summed E-state index contributed by atoms with van der Waals surface area (Å²) < 4.78 is 5.78. The Labute approximate surface area is 115 Å². The maximum atomic E-state index is 12.1. The molecule has 0 bridgehead atoms. The van der Waals surface area contributed by atoms with Crippen LogP contribution in [0.5, 0.6) is 5.75 Å².